The number of fused-ring (bicyclic) bond motifs is 1. The van der Waals surface area contributed by atoms with Crippen molar-refractivity contribution in [3.05, 3.63) is 76.8 Å². The molecular weight excluding hydrogens is 534 g/mol. The summed E-state index contributed by atoms with van der Waals surface area (Å²) < 4.78 is 21.9. The molecule has 10 heteroatoms. The molecule has 0 aliphatic heterocycles. The van der Waals surface area contributed by atoms with Crippen LogP contribution in [0.1, 0.15) is 35.8 Å². The lowest BCUT2D eigenvalue weighted by atomic mass is 10.00. The van der Waals surface area contributed by atoms with Gasteiger partial charge >= 0.3 is 5.97 Å². The van der Waals surface area contributed by atoms with Gasteiger partial charge in [0.25, 0.3) is 0 Å². The number of amides is 1. The number of methoxy groups -OCH3 is 3. The van der Waals surface area contributed by atoms with Crippen LogP contribution in [0.5, 0.6) is 17.2 Å². The molecule has 1 aliphatic rings. The Bertz CT molecular complexity index is 1480. The third-order valence-electron chi connectivity index (χ3n) is 6.46. The molecule has 0 bridgehead atoms. The Hall–Kier alpha value is -4.44. The summed E-state index contributed by atoms with van der Waals surface area (Å²) in [7, 11) is 4.59. The minimum absolute atomic E-state index is 0.138. The van der Waals surface area contributed by atoms with Crippen molar-refractivity contribution in [3.63, 3.8) is 0 Å². The zero-order chi connectivity index (χ0) is 28.8. The Balaban J connectivity index is 1.69. The van der Waals surface area contributed by atoms with Gasteiger partial charge in [-0.1, -0.05) is 6.07 Å². The van der Waals surface area contributed by atoms with Crippen molar-refractivity contribution in [2.45, 2.75) is 24.8 Å². The number of Topliss-reactive ketones (excluding diaryl/α,β-unsaturated/α-hetero) is 1. The van der Waals surface area contributed by atoms with Crippen LogP contribution in [0.2, 0.25) is 0 Å². The van der Waals surface area contributed by atoms with Crippen LogP contribution in [0.3, 0.4) is 0 Å². The van der Waals surface area contributed by atoms with E-state index in [0.29, 0.717) is 34.4 Å². The van der Waals surface area contributed by atoms with Crippen molar-refractivity contribution in [1.82, 2.24) is 5.32 Å². The summed E-state index contributed by atoms with van der Waals surface area (Å²) >= 11 is 1.04. The van der Waals surface area contributed by atoms with Gasteiger partial charge in [-0.3, -0.25) is 9.59 Å². The van der Waals surface area contributed by atoms with Crippen molar-refractivity contribution in [1.29, 1.82) is 0 Å². The highest BCUT2D eigenvalue weighted by Crippen LogP contribution is 2.46. The number of aliphatic carboxylic acids is 1. The number of furan rings is 1. The van der Waals surface area contributed by atoms with Crippen LogP contribution in [0, 0.1) is 0 Å². The second kappa shape index (κ2) is 12.6. The molecule has 4 rings (SSSR count). The van der Waals surface area contributed by atoms with Crippen LogP contribution in [-0.4, -0.2) is 49.8 Å². The SMILES string of the molecule is COc1ccc2c(c1)C(CC(=O)NCc1ccco1)=C(C)/C2=C/c1cc(OC)c(SCC(=O)C(=O)O)c(OC)c1. The summed E-state index contributed by atoms with van der Waals surface area (Å²) in [5.74, 6) is -0.558. The first kappa shape index (κ1) is 28.6. The number of ketones is 1. The van der Waals surface area contributed by atoms with Crippen molar-refractivity contribution in [2.24, 2.45) is 0 Å². The molecule has 0 saturated heterocycles. The molecule has 1 aromatic heterocycles. The van der Waals surface area contributed by atoms with Crippen LogP contribution in [0.25, 0.3) is 17.2 Å². The molecule has 0 fully saturated rings. The van der Waals surface area contributed by atoms with E-state index in [1.165, 1.54) is 14.2 Å². The Morgan fingerprint density at radius 2 is 1.73 bits per heavy atom. The van der Waals surface area contributed by atoms with E-state index in [2.05, 4.69) is 5.32 Å². The summed E-state index contributed by atoms with van der Waals surface area (Å²) in [4.78, 5) is 36.0. The number of allylic oxidation sites excluding steroid dienone is 2. The number of ether oxygens (including phenoxy) is 3. The number of thioether (sulfide) groups is 1. The highest BCUT2D eigenvalue weighted by molar-refractivity contribution is 8.00. The summed E-state index contributed by atoms with van der Waals surface area (Å²) in [6.45, 7) is 2.28. The van der Waals surface area contributed by atoms with Gasteiger partial charge in [0, 0.05) is 0 Å². The van der Waals surface area contributed by atoms with Crippen molar-refractivity contribution in [2.75, 3.05) is 27.1 Å². The molecule has 1 amide bonds. The zero-order valence-electron chi connectivity index (χ0n) is 22.5. The molecule has 1 aliphatic carbocycles. The molecule has 0 saturated carbocycles. The molecule has 40 heavy (non-hydrogen) atoms. The summed E-state index contributed by atoms with van der Waals surface area (Å²) in [5.41, 5.74) is 5.39. The van der Waals surface area contributed by atoms with Crippen LogP contribution in [0.4, 0.5) is 0 Å². The maximum Gasteiger partial charge on any atom is 0.373 e. The van der Waals surface area contributed by atoms with E-state index < -0.39 is 11.8 Å². The molecule has 1 heterocycles. The van der Waals surface area contributed by atoms with Crippen LogP contribution < -0.4 is 19.5 Å². The largest absolute Gasteiger partial charge is 0.497 e. The standard InChI is InChI=1S/C30H29NO8S/c1-17-22(10-18-11-26(37-3)29(27(12-18)38-4)40-16-25(32)30(34)35)21-8-7-19(36-2)13-24(21)23(17)14-28(33)31-15-20-6-5-9-39-20/h5-13H,14-16H2,1-4H3,(H,31,33)(H,34,35)/b22-10-. The second-order valence-electron chi connectivity index (χ2n) is 8.88. The maximum absolute atomic E-state index is 12.9. The first-order valence-corrected chi connectivity index (χ1v) is 13.3. The molecular formula is C30H29NO8S. The Labute approximate surface area is 235 Å². The number of rotatable bonds is 12. The Morgan fingerprint density at radius 3 is 2.33 bits per heavy atom. The molecule has 9 nitrogen and oxygen atoms in total. The summed E-state index contributed by atoms with van der Waals surface area (Å²) in [6.07, 6.45) is 3.72. The zero-order valence-corrected chi connectivity index (χ0v) is 23.3. The average Bonchev–Trinajstić information content (AvgIpc) is 3.57. The van der Waals surface area contributed by atoms with Gasteiger partial charge in [-0.25, -0.2) is 4.79 Å². The lowest BCUT2D eigenvalue weighted by Crippen LogP contribution is -2.22. The number of benzene rings is 2. The van der Waals surface area contributed by atoms with Gasteiger partial charge in [-0.2, -0.15) is 0 Å². The molecule has 2 N–H and O–H groups in total. The number of carbonyl (C=O) groups excluding carboxylic acids is 2. The maximum atomic E-state index is 12.9. The fourth-order valence-electron chi connectivity index (χ4n) is 4.43. The number of carboxylic acid groups (broad SMARTS) is 1. The van der Waals surface area contributed by atoms with Crippen molar-refractivity contribution >= 4 is 46.6 Å². The van der Waals surface area contributed by atoms with Crippen LogP contribution in [-0.2, 0) is 20.9 Å². The highest BCUT2D eigenvalue weighted by Gasteiger charge is 2.26. The molecule has 0 spiro atoms. The number of hydrogen-bond acceptors (Lipinski definition) is 8. The number of carbonyl (C=O) groups is 3. The average molecular weight is 564 g/mol. The van der Waals surface area contributed by atoms with E-state index in [1.807, 2.05) is 31.2 Å². The van der Waals surface area contributed by atoms with Crippen molar-refractivity contribution in [3.8, 4) is 17.2 Å². The molecule has 2 aromatic carbocycles. The molecule has 208 valence electrons. The van der Waals surface area contributed by atoms with E-state index in [4.69, 9.17) is 23.7 Å². The van der Waals surface area contributed by atoms with E-state index >= 15 is 0 Å². The van der Waals surface area contributed by atoms with Crippen molar-refractivity contribution < 1.29 is 38.1 Å². The van der Waals surface area contributed by atoms with E-state index in [0.717, 1.165) is 45.2 Å². The minimum atomic E-state index is -1.49. The highest BCUT2D eigenvalue weighted by atomic mass is 32.2. The fraction of sp³-hybridized carbons (Fsp3) is 0.233. The van der Waals surface area contributed by atoms with Gasteiger partial charge in [0.2, 0.25) is 11.7 Å². The second-order valence-corrected chi connectivity index (χ2v) is 9.86. The van der Waals surface area contributed by atoms with Gasteiger partial charge in [0.1, 0.15) is 23.0 Å². The van der Waals surface area contributed by atoms with E-state index in [-0.39, 0.29) is 18.1 Å². The van der Waals surface area contributed by atoms with E-state index in [1.54, 1.807) is 37.6 Å². The lowest BCUT2D eigenvalue weighted by molar-refractivity contribution is -0.147. The normalized spacial score (nSPS) is 13.2. The van der Waals surface area contributed by atoms with Gasteiger partial charge < -0.3 is 29.1 Å². The van der Waals surface area contributed by atoms with Crippen LogP contribution in [0.15, 0.2) is 63.6 Å². The third kappa shape index (κ3) is 6.23. The van der Waals surface area contributed by atoms with Gasteiger partial charge in [-0.05, 0) is 82.8 Å². The topological polar surface area (TPSA) is 124 Å². The quantitative estimate of drug-likeness (QED) is 0.229. The Kier molecular flexibility index (Phi) is 9.00. The third-order valence-corrected chi connectivity index (χ3v) is 7.55. The van der Waals surface area contributed by atoms with Gasteiger partial charge in [0.05, 0.1) is 51.2 Å². The number of nitrogens with one attached hydrogen (secondary N) is 1. The van der Waals surface area contributed by atoms with E-state index in [9.17, 15) is 14.4 Å². The monoisotopic (exact) mass is 563 g/mol. The first-order chi connectivity index (χ1) is 19.2. The molecule has 0 unspecified atom stereocenters. The number of carboxylic acids is 1. The summed E-state index contributed by atoms with van der Waals surface area (Å²) in [6, 6.07) is 12.9. The Morgan fingerprint density at radius 1 is 1.00 bits per heavy atom. The fourth-order valence-corrected chi connectivity index (χ4v) is 5.40. The first-order valence-electron chi connectivity index (χ1n) is 12.3. The van der Waals surface area contributed by atoms with Gasteiger partial charge in [0.15, 0.2) is 0 Å². The van der Waals surface area contributed by atoms with Crippen LogP contribution >= 0.6 is 11.8 Å². The minimum Gasteiger partial charge on any atom is -0.497 e. The predicted octanol–water partition coefficient (Wildman–Crippen LogP) is 5.09. The predicted molar refractivity (Wildman–Crippen MR) is 152 cm³/mol. The molecule has 0 radical (unpaired) electrons. The van der Waals surface area contributed by atoms with Gasteiger partial charge in [-0.15, -0.1) is 11.8 Å². The summed E-state index contributed by atoms with van der Waals surface area (Å²) in [5, 5.41) is 11.8. The number of hydrogen-bond donors (Lipinski definition) is 2. The molecule has 3 aromatic rings. The molecule has 0 atom stereocenters. The smallest absolute Gasteiger partial charge is 0.373 e. The lowest BCUT2D eigenvalue weighted by Gasteiger charge is -2.14.